The molecule has 2 aromatic carbocycles. The Labute approximate surface area is 176 Å². The molecule has 1 fully saturated rings. The summed E-state index contributed by atoms with van der Waals surface area (Å²) in [7, 11) is 1.99. The van der Waals surface area contributed by atoms with E-state index in [0.717, 1.165) is 19.4 Å². The number of phenolic OH excluding ortho intramolecular Hbond substituents is 2. The van der Waals surface area contributed by atoms with Gasteiger partial charge in [0, 0.05) is 37.0 Å². The van der Waals surface area contributed by atoms with Crippen molar-refractivity contribution in [2.24, 2.45) is 0 Å². The maximum atomic E-state index is 13.3. The molecule has 1 amide bonds. The number of hydrazine groups is 1. The van der Waals surface area contributed by atoms with E-state index in [-0.39, 0.29) is 38.8 Å². The number of fused-ring (bicyclic) bond motifs is 3. The number of carbonyl (C=O) groups is 3. The fourth-order valence-electron chi connectivity index (χ4n) is 4.12. The molecule has 1 aromatic heterocycles. The van der Waals surface area contributed by atoms with E-state index in [0.29, 0.717) is 13.1 Å². The molecule has 9 nitrogen and oxygen atoms in total. The first-order valence-electron chi connectivity index (χ1n) is 9.80. The predicted octanol–water partition coefficient (Wildman–Crippen LogP) is 1.51. The van der Waals surface area contributed by atoms with Gasteiger partial charge in [0.2, 0.25) is 11.6 Å². The molecule has 2 aliphatic rings. The zero-order valence-corrected chi connectivity index (χ0v) is 16.6. The Bertz CT molecular complexity index is 1270. The van der Waals surface area contributed by atoms with E-state index in [4.69, 9.17) is 4.42 Å². The SMILES string of the molecule is CN1CCN(NC(=O)c2coc3c2C(=O)c2c(c(O)c4ccccc4c2O)C3=O)CC1. The van der Waals surface area contributed by atoms with Crippen molar-refractivity contribution in [1.82, 2.24) is 15.3 Å². The number of aromatic hydroxyl groups is 2. The molecule has 0 saturated carbocycles. The zero-order chi connectivity index (χ0) is 21.9. The number of hydrogen-bond acceptors (Lipinski definition) is 8. The van der Waals surface area contributed by atoms with E-state index in [9.17, 15) is 24.6 Å². The van der Waals surface area contributed by atoms with Gasteiger partial charge in [-0.3, -0.25) is 19.8 Å². The molecule has 0 bridgehead atoms. The lowest BCUT2D eigenvalue weighted by molar-refractivity contribution is 0.0659. The minimum absolute atomic E-state index is 0.0926. The Morgan fingerprint density at radius 3 is 2.13 bits per heavy atom. The molecule has 3 aromatic rings. The van der Waals surface area contributed by atoms with Crippen LogP contribution in [0.1, 0.15) is 42.4 Å². The molecule has 1 aliphatic carbocycles. The summed E-state index contributed by atoms with van der Waals surface area (Å²) in [6, 6.07) is 6.35. The molecule has 0 unspecified atom stereocenters. The summed E-state index contributed by atoms with van der Waals surface area (Å²) in [4.78, 5) is 41.4. The first-order valence-corrected chi connectivity index (χ1v) is 9.80. The van der Waals surface area contributed by atoms with Crippen molar-refractivity contribution in [3.05, 3.63) is 58.5 Å². The first kappa shape index (κ1) is 19.3. The van der Waals surface area contributed by atoms with Crippen molar-refractivity contribution in [3.8, 4) is 11.5 Å². The average molecular weight is 421 g/mol. The number of amides is 1. The number of benzene rings is 2. The first-order chi connectivity index (χ1) is 14.9. The van der Waals surface area contributed by atoms with Crippen molar-refractivity contribution >= 4 is 28.2 Å². The fourth-order valence-corrected chi connectivity index (χ4v) is 4.12. The van der Waals surface area contributed by atoms with Crippen molar-refractivity contribution < 1.29 is 29.0 Å². The zero-order valence-electron chi connectivity index (χ0n) is 16.6. The van der Waals surface area contributed by atoms with Crippen molar-refractivity contribution in [2.75, 3.05) is 33.2 Å². The van der Waals surface area contributed by atoms with Gasteiger partial charge >= 0.3 is 0 Å². The maximum Gasteiger partial charge on any atom is 0.269 e. The standard InChI is InChI=1S/C22H19N3O6/c1-24-6-8-25(9-7-24)23-22(30)13-10-31-21-14(13)19(28)15-16(20(21)29)18(27)12-5-3-2-4-11(12)17(15)26/h2-5,10,26-27H,6-9H2,1H3,(H,23,30). The number of likely N-dealkylation sites (N-methyl/N-ethyl adjacent to an activating group) is 1. The third-order valence-electron chi connectivity index (χ3n) is 5.85. The predicted molar refractivity (Wildman–Crippen MR) is 109 cm³/mol. The number of hydrogen-bond donors (Lipinski definition) is 3. The van der Waals surface area contributed by atoms with Crippen molar-refractivity contribution in [2.45, 2.75) is 0 Å². The second-order valence-corrected chi connectivity index (χ2v) is 7.74. The molecule has 158 valence electrons. The van der Waals surface area contributed by atoms with Crippen molar-refractivity contribution in [1.29, 1.82) is 0 Å². The highest BCUT2D eigenvalue weighted by Crippen LogP contribution is 2.45. The van der Waals surface area contributed by atoms with Crippen LogP contribution in [-0.2, 0) is 0 Å². The molecule has 1 saturated heterocycles. The topological polar surface area (TPSA) is 123 Å². The van der Waals surface area contributed by atoms with Crippen LogP contribution in [0.4, 0.5) is 0 Å². The Morgan fingerprint density at radius 1 is 0.935 bits per heavy atom. The van der Waals surface area contributed by atoms with Crippen LogP contribution in [0.3, 0.4) is 0 Å². The highest BCUT2D eigenvalue weighted by Gasteiger charge is 2.41. The highest BCUT2D eigenvalue weighted by molar-refractivity contribution is 6.33. The van der Waals surface area contributed by atoms with Gasteiger partial charge in [-0.2, -0.15) is 0 Å². The van der Waals surface area contributed by atoms with Gasteiger partial charge in [0.05, 0.1) is 22.3 Å². The number of piperazine rings is 1. The van der Waals surface area contributed by atoms with E-state index in [1.165, 1.54) is 12.1 Å². The monoisotopic (exact) mass is 421 g/mol. The lowest BCUT2D eigenvalue weighted by Gasteiger charge is -2.32. The smallest absolute Gasteiger partial charge is 0.269 e. The minimum atomic E-state index is -0.762. The van der Waals surface area contributed by atoms with Crippen LogP contribution in [0.5, 0.6) is 11.5 Å². The maximum absolute atomic E-state index is 13.3. The highest BCUT2D eigenvalue weighted by atomic mass is 16.3. The van der Waals surface area contributed by atoms with Gasteiger partial charge in [-0.1, -0.05) is 24.3 Å². The van der Waals surface area contributed by atoms with Gasteiger partial charge in [-0.05, 0) is 7.05 Å². The molecule has 5 rings (SSSR count). The summed E-state index contributed by atoms with van der Waals surface area (Å²) in [6.07, 6.45) is 1.06. The molecule has 0 spiro atoms. The van der Waals surface area contributed by atoms with Crippen molar-refractivity contribution in [3.63, 3.8) is 0 Å². The van der Waals surface area contributed by atoms with Crippen LogP contribution >= 0.6 is 0 Å². The summed E-state index contributed by atoms with van der Waals surface area (Å²) in [5.74, 6) is -3.25. The number of furan rings is 1. The summed E-state index contributed by atoms with van der Waals surface area (Å²) in [6.45, 7) is 2.76. The molecule has 31 heavy (non-hydrogen) atoms. The summed E-state index contributed by atoms with van der Waals surface area (Å²) in [5.41, 5.74) is 1.78. The van der Waals surface area contributed by atoms with Crippen LogP contribution in [0, 0.1) is 0 Å². The largest absolute Gasteiger partial charge is 0.506 e. The lowest BCUT2D eigenvalue weighted by Crippen LogP contribution is -2.52. The van der Waals surface area contributed by atoms with Crippen LogP contribution in [-0.4, -0.2) is 70.8 Å². The molecule has 9 heteroatoms. The minimum Gasteiger partial charge on any atom is -0.506 e. The number of rotatable bonds is 2. The number of nitrogens with zero attached hydrogens (tertiary/aromatic N) is 2. The third kappa shape index (κ3) is 2.82. The third-order valence-corrected chi connectivity index (χ3v) is 5.85. The van der Waals surface area contributed by atoms with Crippen LogP contribution < -0.4 is 5.43 Å². The number of ketones is 2. The Hall–Kier alpha value is -3.69. The molecule has 0 atom stereocenters. The summed E-state index contributed by atoms with van der Waals surface area (Å²) >= 11 is 0. The second-order valence-electron chi connectivity index (χ2n) is 7.74. The molecule has 3 N–H and O–H groups in total. The summed E-state index contributed by atoms with van der Waals surface area (Å²) < 4.78 is 5.31. The van der Waals surface area contributed by atoms with Gasteiger partial charge in [0.1, 0.15) is 17.8 Å². The van der Waals surface area contributed by atoms with Crippen LogP contribution in [0.25, 0.3) is 10.8 Å². The van der Waals surface area contributed by atoms with E-state index >= 15 is 0 Å². The Balaban J connectivity index is 1.58. The van der Waals surface area contributed by atoms with E-state index in [1.54, 1.807) is 17.1 Å². The quantitative estimate of drug-likeness (QED) is 0.416. The number of carbonyl (C=O) groups excluding carboxylic acids is 3. The second kappa shape index (κ2) is 6.93. The van der Waals surface area contributed by atoms with Crippen LogP contribution in [0.15, 0.2) is 34.9 Å². The summed E-state index contributed by atoms with van der Waals surface area (Å²) in [5, 5.41) is 23.6. The van der Waals surface area contributed by atoms with Gasteiger partial charge in [0.15, 0.2) is 5.76 Å². The Morgan fingerprint density at radius 2 is 1.52 bits per heavy atom. The van der Waals surface area contributed by atoms with Gasteiger partial charge in [-0.25, -0.2) is 5.01 Å². The van der Waals surface area contributed by atoms with E-state index < -0.39 is 29.0 Å². The molecular weight excluding hydrogens is 402 g/mol. The Kier molecular flexibility index (Phi) is 4.31. The average Bonchev–Trinajstić information content (AvgIpc) is 3.22. The van der Waals surface area contributed by atoms with E-state index in [2.05, 4.69) is 10.3 Å². The lowest BCUT2D eigenvalue weighted by atomic mass is 9.83. The van der Waals surface area contributed by atoms with Gasteiger partial charge in [0.25, 0.3) is 5.91 Å². The molecule has 1 aliphatic heterocycles. The normalized spacial score (nSPS) is 16.9. The van der Waals surface area contributed by atoms with Gasteiger partial charge in [-0.15, -0.1) is 0 Å². The molecule has 2 heterocycles. The number of nitrogens with one attached hydrogen (secondary N) is 1. The molecule has 0 radical (unpaired) electrons. The number of phenols is 2. The molecular formula is C22H19N3O6. The van der Waals surface area contributed by atoms with E-state index in [1.807, 2.05) is 7.05 Å². The van der Waals surface area contributed by atoms with Crippen LogP contribution in [0.2, 0.25) is 0 Å². The fraction of sp³-hybridized carbons (Fsp3) is 0.227. The van der Waals surface area contributed by atoms with Gasteiger partial charge < -0.3 is 19.5 Å².